The van der Waals surface area contributed by atoms with Crippen molar-refractivity contribution in [2.45, 2.75) is 19.4 Å². The Morgan fingerprint density at radius 1 is 1.57 bits per heavy atom. The molecule has 0 atom stereocenters. The van der Waals surface area contributed by atoms with Crippen LogP contribution in [0.3, 0.4) is 0 Å². The summed E-state index contributed by atoms with van der Waals surface area (Å²) in [6.07, 6.45) is 2.41. The zero-order chi connectivity index (χ0) is 5.54. The summed E-state index contributed by atoms with van der Waals surface area (Å²) in [6, 6.07) is 1.44. The molecule has 0 aliphatic rings. The maximum atomic E-state index is 4.91. The molecule has 0 saturated carbocycles. The number of rotatable bonds is 4. The summed E-state index contributed by atoms with van der Waals surface area (Å²) in [6.45, 7) is 2.22. The monoisotopic (exact) mass is 118 g/mol. The van der Waals surface area contributed by atoms with E-state index in [1.807, 2.05) is 0 Å². The van der Waals surface area contributed by atoms with Crippen molar-refractivity contribution in [3.63, 3.8) is 0 Å². The van der Waals surface area contributed by atoms with Gasteiger partial charge < -0.3 is 4.74 Å². The van der Waals surface area contributed by atoms with Crippen molar-refractivity contribution in [3.8, 4) is 0 Å². The molecule has 0 aromatic heterocycles. The van der Waals surface area contributed by atoms with Gasteiger partial charge in [-0.15, -0.1) is 0 Å². The molecule has 0 saturated heterocycles. The van der Waals surface area contributed by atoms with Crippen LogP contribution >= 0.6 is 0 Å². The van der Waals surface area contributed by atoms with Gasteiger partial charge in [0.05, 0.1) is 9.52 Å². The first-order valence-electron chi connectivity index (χ1n) is 2.90. The minimum Gasteiger partial charge on any atom is -0.389 e. The van der Waals surface area contributed by atoms with Gasteiger partial charge in [0.2, 0.25) is 0 Å². The molecule has 0 fully saturated rings. The smallest absolute Gasteiger partial charge is 0.0516 e. The Morgan fingerprint density at radius 3 is 2.71 bits per heavy atom. The minimum absolute atomic E-state index is 0.189. The van der Waals surface area contributed by atoms with Gasteiger partial charge >= 0.3 is 0 Å². The lowest BCUT2D eigenvalue weighted by Crippen LogP contribution is -1.98. The fourth-order valence-electron chi connectivity index (χ4n) is 0.496. The van der Waals surface area contributed by atoms with E-state index in [4.69, 9.17) is 4.74 Å². The number of methoxy groups -OCH3 is 1. The molecule has 0 aliphatic carbocycles. The summed E-state index contributed by atoms with van der Waals surface area (Å²) in [7, 11) is 1.97. The average Bonchev–Trinajstić information content (AvgIpc) is 1.69. The molecule has 1 nitrogen and oxygen atoms in total. The zero-order valence-corrected chi connectivity index (χ0v) is 6.65. The van der Waals surface area contributed by atoms with Crippen LogP contribution < -0.4 is 0 Å². The van der Waals surface area contributed by atoms with Crippen molar-refractivity contribution in [2.75, 3.05) is 13.3 Å². The molecule has 0 heterocycles. The molecule has 0 spiro atoms. The summed E-state index contributed by atoms with van der Waals surface area (Å²) in [5.41, 5.74) is 0. The molecule has 0 amide bonds. The van der Waals surface area contributed by atoms with Gasteiger partial charge in [-0.2, -0.15) is 0 Å². The molecule has 0 bridgehead atoms. The van der Waals surface area contributed by atoms with Gasteiger partial charge in [-0.1, -0.05) is 19.4 Å². The van der Waals surface area contributed by atoms with Gasteiger partial charge in [-0.05, 0) is 0 Å². The zero-order valence-electron chi connectivity index (χ0n) is 5.24. The van der Waals surface area contributed by atoms with Crippen LogP contribution in [0.15, 0.2) is 0 Å². The Bertz CT molecular complexity index is 27.3. The van der Waals surface area contributed by atoms with Crippen molar-refractivity contribution in [3.05, 3.63) is 0 Å². The van der Waals surface area contributed by atoms with E-state index in [-0.39, 0.29) is 9.52 Å². The van der Waals surface area contributed by atoms with Crippen LogP contribution in [-0.4, -0.2) is 22.9 Å². The second-order valence-electron chi connectivity index (χ2n) is 1.70. The van der Waals surface area contributed by atoms with Gasteiger partial charge in [-0.3, -0.25) is 0 Å². The molecule has 0 N–H and O–H groups in total. The molecule has 2 heteroatoms. The van der Waals surface area contributed by atoms with Crippen LogP contribution in [-0.2, 0) is 4.74 Å². The lowest BCUT2D eigenvalue weighted by Gasteiger charge is -1.91. The van der Waals surface area contributed by atoms with Crippen molar-refractivity contribution in [1.82, 2.24) is 0 Å². The highest BCUT2D eigenvalue weighted by molar-refractivity contribution is 6.35. The second kappa shape index (κ2) is 6.18. The summed E-state index contributed by atoms with van der Waals surface area (Å²) in [4.78, 5) is 0. The lowest BCUT2D eigenvalue weighted by atomic mass is 10.6. The number of ether oxygens (including phenoxy) is 1. The number of hydrogen-bond acceptors (Lipinski definition) is 1. The first-order valence-corrected chi connectivity index (χ1v) is 4.90. The van der Waals surface area contributed by atoms with Crippen molar-refractivity contribution in [1.29, 1.82) is 0 Å². The Kier molecular flexibility index (Phi) is 6.33. The third kappa shape index (κ3) is 6.18. The fraction of sp³-hybridized carbons (Fsp3) is 1.00. The Balaban J connectivity index is 2.45. The maximum absolute atomic E-state index is 4.91. The Morgan fingerprint density at radius 2 is 2.29 bits per heavy atom. The van der Waals surface area contributed by atoms with E-state index in [1.54, 1.807) is 7.11 Å². The predicted octanol–water partition coefficient (Wildman–Crippen LogP) is 0.587. The molecule has 0 aromatic carbocycles. The SMILES string of the molecule is CCC[SiH2]COC. The Labute approximate surface area is 47.9 Å². The van der Waals surface area contributed by atoms with E-state index in [0.29, 0.717) is 0 Å². The number of hydrogen-bond donors (Lipinski definition) is 0. The molecule has 0 rings (SSSR count). The van der Waals surface area contributed by atoms with Crippen molar-refractivity contribution < 1.29 is 4.74 Å². The maximum Gasteiger partial charge on any atom is 0.0516 e. The third-order valence-electron chi connectivity index (χ3n) is 0.952. The van der Waals surface area contributed by atoms with Gasteiger partial charge in [0.25, 0.3) is 0 Å². The highest BCUT2D eigenvalue weighted by Gasteiger charge is 1.81. The molecular formula is C5H14OSi. The molecule has 44 valence electrons. The van der Waals surface area contributed by atoms with Crippen molar-refractivity contribution in [2.24, 2.45) is 0 Å². The first kappa shape index (κ1) is 7.18. The molecule has 7 heavy (non-hydrogen) atoms. The summed E-state index contributed by atoms with van der Waals surface area (Å²) >= 11 is 0. The summed E-state index contributed by atoms with van der Waals surface area (Å²) in [5.74, 6) is 0. The molecule has 0 radical (unpaired) electrons. The van der Waals surface area contributed by atoms with E-state index >= 15 is 0 Å². The van der Waals surface area contributed by atoms with E-state index < -0.39 is 0 Å². The topological polar surface area (TPSA) is 9.23 Å². The lowest BCUT2D eigenvalue weighted by molar-refractivity contribution is 0.251. The quantitative estimate of drug-likeness (QED) is 0.388. The first-order chi connectivity index (χ1) is 3.41. The van der Waals surface area contributed by atoms with Gasteiger partial charge in [0, 0.05) is 13.3 Å². The average molecular weight is 118 g/mol. The minimum atomic E-state index is 0.189. The predicted molar refractivity (Wildman–Crippen MR) is 35.5 cm³/mol. The highest BCUT2D eigenvalue weighted by atomic mass is 28.2. The summed E-state index contributed by atoms with van der Waals surface area (Å²) < 4.78 is 4.91. The molecule has 0 aromatic rings. The van der Waals surface area contributed by atoms with E-state index in [2.05, 4.69) is 6.92 Å². The fourth-order valence-corrected chi connectivity index (χ4v) is 1.49. The van der Waals surface area contributed by atoms with E-state index in [9.17, 15) is 0 Å². The van der Waals surface area contributed by atoms with E-state index in [1.165, 1.54) is 12.5 Å². The van der Waals surface area contributed by atoms with Crippen molar-refractivity contribution >= 4 is 9.52 Å². The van der Waals surface area contributed by atoms with Crippen LogP contribution in [0.5, 0.6) is 0 Å². The standard InChI is InChI=1S/C5H14OSi/c1-3-4-7-5-6-2/h3-5,7H2,1-2H3. The molecule has 0 unspecified atom stereocenters. The molecular weight excluding hydrogens is 104 g/mol. The normalized spacial score (nSPS) is 11.1. The Hall–Kier alpha value is 0.177. The van der Waals surface area contributed by atoms with Gasteiger partial charge in [0.1, 0.15) is 0 Å². The van der Waals surface area contributed by atoms with E-state index in [0.717, 1.165) is 6.23 Å². The highest BCUT2D eigenvalue weighted by Crippen LogP contribution is 1.83. The van der Waals surface area contributed by atoms with Crippen LogP contribution in [0.1, 0.15) is 13.3 Å². The molecule has 0 aliphatic heterocycles. The summed E-state index contributed by atoms with van der Waals surface area (Å²) in [5, 5.41) is 0. The van der Waals surface area contributed by atoms with Crippen LogP contribution in [0.25, 0.3) is 0 Å². The third-order valence-corrected chi connectivity index (χ3v) is 2.86. The van der Waals surface area contributed by atoms with Gasteiger partial charge in [-0.25, -0.2) is 0 Å². The van der Waals surface area contributed by atoms with Crippen LogP contribution in [0, 0.1) is 0 Å². The van der Waals surface area contributed by atoms with Crippen LogP contribution in [0.4, 0.5) is 0 Å². The largest absolute Gasteiger partial charge is 0.389 e. The second-order valence-corrected chi connectivity index (χ2v) is 3.52. The van der Waals surface area contributed by atoms with Crippen LogP contribution in [0.2, 0.25) is 6.04 Å². The van der Waals surface area contributed by atoms with Gasteiger partial charge in [0.15, 0.2) is 0 Å².